The number of hydrogen-bond acceptors (Lipinski definition) is 5. The molecule has 9 heteroatoms. The van der Waals surface area contributed by atoms with Gasteiger partial charge in [0.2, 0.25) is 0 Å². The monoisotopic (exact) mass is 422 g/mol. The van der Waals surface area contributed by atoms with Crippen molar-refractivity contribution >= 4 is 57.1 Å². The fourth-order valence-corrected chi connectivity index (χ4v) is 4.81. The molecule has 0 aliphatic carbocycles. The smallest absolute Gasteiger partial charge is 0.258 e. The van der Waals surface area contributed by atoms with E-state index in [0.29, 0.717) is 21.2 Å². The Labute approximate surface area is 171 Å². The molecule has 2 aromatic rings. The fourth-order valence-electron chi connectivity index (χ4n) is 3.03. The Balaban J connectivity index is 1.78. The highest BCUT2D eigenvalue weighted by atomic mass is 35.5. The number of thiophene rings is 1. The number of carbonyl (C=O) groups excluding carboxylic acids is 2. The lowest BCUT2D eigenvalue weighted by atomic mass is 10.0. The minimum Gasteiger partial charge on any atom is -0.365 e. The van der Waals surface area contributed by atoms with Crippen LogP contribution in [0.3, 0.4) is 0 Å². The zero-order valence-corrected chi connectivity index (χ0v) is 17.1. The number of hydrogen-bond donors (Lipinski definition) is 3. The molecular weight excluding hydrogens is 404 g/mol. The number of nitrogens with zero attached hydrogens (tertiary/aromatic N) is 1. The highest BCUT2D eigenvalue weighted by Crippen LogP contribution is 2.36. The topological polar surface area (TPSA) is 87.5 Å². The Bertz CT molecular complexity index is 913. The highest BCUT2D eigenvalue weighted by molar-refractivity contribution is 7.80. The molecule has 1 aromatic carbocycles. The zero-order valence-electron chi connectivity index (χ0n) is 14.7. The van der Waals surface area contributed by atoms with Gasteiger partial charge >= 0.3 is 0 Å². The number of amides is 2. The van der Waals surface area contributed by atoms with Crippen LogP contribution < -0.4 is 16.4 Å². The Morgan fingerprint density at radius 2 is 2.11 bits per heavy atom. The second kappa shape index (κ2) is 8.35. The minimum absolute atomic E-state index is 0.0911. The maximum absolute atomic E-state index is 12.3. The number of likely N-dealkylation sites (N-methyl/N-ethyl adjacent to an activating group) is 1. The quantitative estimate of drug-likeness (QED) is 0.659. The lowest BCUT2D eigenvalue weighted by molar-refractivity contribution is 0.0975. The molecule has 3 rings (SSSR count). The third-order valence-electron chi connectivity index (χ3n) is 4.40. The Hall–Kier alpha value is -2.00. The van der Waals surface area contributed by atoms with Crippen molar-refractivity contribution in [2.45, 2.75) is 19.9 Å². The van der Waals surface area contributed by atoms with Crippen LogP contribution in [0.25, 0.3) is 0 Å². The number of fused-ring (bicyclic) bond motifs is 1. The first-order chi connectivity index (χ1) is 12.9. The molecule has 142 valence electrons. The molecule has 0 radical (unpaired) electrons. The van der Waals surface area contributed by atoms with Gasteiger partial charge in [-0.2, -0.15) is 0 Å². The molecule has 6 nitrogen and oxygen atoms in total. The van der Waals surface area contributed by atoms with Crippen LogP contribution in [0.5, 0.6) is 0 Å². The second-order valence-electron chi connectivity index (χ2n) is 6.08. The summed E-state index contributed by atoms with van der Waals surface area (Å²) in [6, 6.07) is 6.70. The van der Waals surface area contributed by atoms with E-state index in [4.69, 9.17) is 29.6 Å². The van der Waals surface area contributed by atoms with Gasteiger partial charge in [0.05, 0.1) is 16.1 Å². The predicted octanol–water partition coefficient (Wildman–Crippen LogP) is 3.01. The minimum atomic E-state index is -0.500. The van der Waals surface area contributed by atoms with E-state index in [2.05, 4.69) is 22.5 Å². The molecule has 0 saturated carbocycles. The fraction of sp³-hybridized carbons (Fsp3) is 0.278. The number of primary amides is 1. The first kappa shape index (κ1) is 19.8. The molecule has 27 heavy (non-hydrogen) atoms. The van der Waals surface area contributed by atoms with Crippen molar-refractivity contribution in [3.63, 3.8) is 0 Å². The maximum atomic E-state index is 12.3. The van der Waals surface area contributed by atoms with Crippen molar-refractivity contribution in [2.24, 2.45) is 5.73 Å². The molecule has 4 N–H and O–H groups in total. The summed E-state index contributed by atoms with van der Waals surface area (Å²) in [5, 5.41) is 6.54. The van der Waals surface area contributed by atoms with Gasteiger partial charge in [-0.15, -0.1) is 11.3 Å². The maximum Gasteiger partial charge on any atom is 0.258 e. The zero-order chi connectivity index (χ0) is 19.6. The molecule has 0 spiro atoms. The SMILES string of the molecule is CCN1CCc2c(sc(NC(=S)NC(=O)c3ccccc3Cl)c2C(N)=O)C1. The van der Waals surface area contributed by atoms with E-state index in [0.717, 1.165) is 36.5 Å². The number of rotatable bonds is 4. The normalized spacial score (nSPS) is 13.7. The Morgan fingerprint density at radius 1 is 1.37 bits per heavy atom. The highest BCUT2D eigenvalue weighted by Gasteiger charge is 2.27. The van der Waals surface area contributed by atoms with Gasteiger partial charge in [0, 0.05) is 18.0 Å². The van der Waals surface area contributed by atoms with E-state index in [-0.39, 0.29) is 5.11 Å². The summed E-state index contributed by atoms with van der Waals surface area (Å²) in [6.07, 6.45) is 0.762. The number of thiocarbonyl (C=S) groups is 1. The first-order valence-electron chi connectivity index (χ1n) is 8.44. The molecular formula is C18H19ClN4O2S2. The lowest BCUT2D eigenvalue weighted by Gasteiger charge is -2.25. The third-order valence-corrected chi connectivity index (χ3v) is 6.07. The molecule has 1 aliphatic rings. The molecule has 2 heterocycles. The standard InChI is InChI=1S/C18H19ClN4O2S2/c1-2-23-8-7-11-13(9-23)27-17(14(11)15(20)24)22-18(26)21-16(25)10-5-3-4-6-12(10)19/h3-6H,2,7-9H2,1H3,(H2,20,24)(H2,21,22,25,26). The summed E-state index contributed by atoms with van der Waals surface area (Å²) in [5.41, 5.74) is 7.36. The largest absolute Gasteiger partial charge is 0.365 e. The van der Waals surface area contributed by atoms with Gasteiger partial charge in [-0.1, -0.05) is 30.7 Å². The molecule has 0 fully saturated rings. The molecule has 1 aromatic heterocycles. The second-order valence-corrected chi connectivity index (χ2v) is 8.00. The Kier molecular flexibility index (Phi) is 6.11. The summed E-state index contributed by atoms with van der Waals surface area (Å²) in [6.45, 7) is 4.70. The van der Waals surface area contributed by atoms with Crippen LogP contribution in [0.2, 0.25) is 5.02 Å². The summed E-state index contributed by atoms with van der Waals surface area (Å²) >= 11 is 12.7. The van der Waals surface area contributed by atoms with Gasteiger partial charge in [0.25, 0.3) is 11.8 Å². The summed E-state index contributed by atoms with van der Waals surface area (Å²) in [4.78, 5) is 27.7. The average molecular weight is 423 g/mol. The van der Waals surface area contributed by atoms with Crippen LogP contribution in [-0.2, 0) is 13.0 Å². The predicted molar refractivity (Wildman–Crippen MR) is 113 cm³/mol. The van der Waals surface area contributed by atoms with E-state index in [1.54, 1.807) is 24.3 Å². The van der Waals surface area contributed by atoms with Crippen molar-refractivity contribution in [2.75, 3.05) is 18.4 Å². The molecule has 0 bridgehead atoms. The Morgan fingerprint density at radius 3 is 2.78 bits per heavy atom. The van der Waals surface area contributed by atoms with Gasteiger partial charge in [-0.25, -0.2) is 0 Å². The van der Waals surface area contributed by atoms with E-state index in [1.165, 1.54) is 11.3 Å². The van der Waals surface area contributed by atoms with Crippen molar-refractivity contribution in [1.82, 2.24) is 10.2 Å². The summed E-state index contributed by atoms with van der Waals surface area (Å²) in [5.74, 6) is -0.919. The van der Waals surface area contributed by atoms with Crippen molar-refractivity contribution in [3.8, 4) is 0 Å². The van der Waals surface area contributed by atoms with E-state index in [1.807, 2.05) is 0 Å². The van der Waals surface area contributed by atoms with Crippen LogP contribution in [0.1, 0.15) is 38.1 Å². The number of halogens is 1. The van der Waals surface area contributed by atoms with Crippen LogP contribution in [0.4, 0.5) is 5.00 Å². The summed E-state index contributed by atoms with van der Waals surface area (Å²) < 4.78 is 0. The first-order valence-corrected chi connectivity index (χ1v) is 10.0. The lowest BCUT2D eigenvalue weighted by Crippen LogP contribution is -2.34. The molecule has 0 saturated heterocycles. The number of anilines is 1. The molecule has 2 amide bonds. The van der Waals surface area contributed by atoms with E-state index in [9.17, 15) is 9.59 Å². The van der Waals surface area contributed by atoms with Crippen LogP contribution in [-0.4, -0.2) is 34.9 Å². The van der Waals surface area contributed by atoms with Crippen LogP contribution >= 0.6 is 35.2 Å². The number of benzene rings is 1. The van der Waals surface area contributed by atoms with Crippen molar-refractivity contribution in [1.29, 1.82) is 0 Å². The van der Waals surface area contributed by atoms with Gasteiger partial charge in [0.1, 0.15) is 5.00 Å². The number of nitrogens with two attached hydrogens (primary N) is 1. The van der Waals surface area contributed by atoms with Crippen molar-refractivity contribution < 1.29 is 9.59 Å². The average Bonchev–Trinajstić information content (AvgIpc) is 2.98. The van der Waals surface area contributed by atoms with Gasteiger partial charge in [-0.3, -0.25) is 19.8 Å². The summed E-state index contributed by atoms with van der Waals surface area (Å²) in [7, 11) is 0. The van der Waals surface area contributed by atoms with Crippen LogP contribution in [0, 0.1) is 0 Å². The van der Waals surface area contributed by atoms with Gasteiger partial charge in [-0.05, 0) is 42.9 Å². The third kappa shape index (κ3) is 4.30. The van der Waals surface area contributed by atoms with E-state index < -0.39 is 11.8 Å². The van der Waals surface area contributed by atoms with Gasteiger partial charge in [0.15, 0.2) is 5.11 Å². The van der Waals surface area contributed by atoms with Gasteiger partial charge < -0.3 is 11.1 Å². The molecule has 0 atom stereocenters. The molecule has 1 aliphatic heterocycles. The van der Waals surface area contributed by atoms with Crippen molar-refractivity contribution in [3.05, 3.63) is 50.9 Å². The number of nitrogens with one attached hydrogen (secondary N) is 2. The molecule has 0 unspecified atom stereocenters. The number of carbonyl (C=O) groups is 2. The van der Waals surface area contributed by atoms with E-state index >= 15 is 0 Å². The van der Waals surface area contributed by atoms with Crippen LogP contribution in [0.15, 0.2) is 24.3 Å².